The van der Waals surface area contributed by atoms with Crippen molar-refractivity contribution in [2.24, 2.45) is 35.0 Å². The summed E-state index contributed by atoms with van der Waals surface area (Å²) in [5.74, 6) is -10.2. The van der Waals surface area contributed by atoms with Gasteiger partial charge in [0, 0.05) is 104 Å². The van der Waals surface area contributed by atoms with Crippen LogP contribution in [0.1, 0.15) is 77.3 Å². The number of primary amides is 1. The molecule has 0 radical (unpaired) electrons. The van der Waals surface area contributed by atoms with Crippen LogP contribution in [0.15, 0.2) is 60.9 Å². The highest BCUT2D eigenvalue weighted by Gasteiger charge is 2.37. The second kappa shape index (κ2) is 37.3. The number of carboxylic acid groups (broad SMARTS) is 1. The third kappa shape index (κ3) is 23.5. The predicted octanol–water partition coefficient (Wildman–Crippen LogP) is -0.996. The lowest BCUT2D eigenvalue weighted by Gasteiger charge is -2.29. The van der Waals surface area contributed by atoms with Crippen molar-refractivity contribution in [2.45, 2.75) is 127 Å². The molecule has 0 unspecified atom stereocenters. The molecule has 0 saturated carbocycles. The van der Waals surface area contributed by atoms with E-state index >= 15 is 0 Å². The first-order valence-electron chi connectivity index (χ1n) is 29.1. The number of H-pyrrole nitrogens is 2. The van der Waals surface area contributed by atoms with Gasteiger partial charge in [0.1, 0.15) is 48.6 Å². The number of para-hydroxylation sites is 2. The lowest BCUT2D eigenvalue weighted by Crippen LogP contribution is -2.61. The summed E-state index contributed by atoms with van der Waals surface area (Å²) in [6.07, 6.45) is 1.44. The highest BCUT2D eigenvalue weighted by atomic mass is 33.1. The van der Waals surface area contributed by atoms with E-state index in [0.717, 1.165) is 32.5 Å². The van der Waals surface area contributed by atoms with Gasteiger partial charge in [-0.25, -0.2) is 0 Å². The number of nitrogens with two attached hydrogens (primary N) is 3. The van der Waals surface area contributed by atoms with E-state index in [1.54, 1.807) is 64.4 Å². The van der Waals surface area contributed by atoms with Crippen molar-refractivity contribution < 1.29 is 57.8 Å². The average molecular weight is 1270 g/mol. The summed E-state index contributed by atoms with van der Waals surface area (Å²) in [6.45, 7) is 9.45. The number of aromatic nitrogens is 2. The first-order chi connectivity index (χ1) is 41.6. The maximum Gasteiger partial charge on any atom is 0.303 e. The molecular formula is C58H88N16O12S2. The van der Waals surface area contributed by atoms with Crippen LogP contribution in [0.2, 0.25) is 0 Å². The molecule has 1 saturated heterocycles. The van der Waals surface area contributed by atoms with Crippen molar-refractivity contribution in [3.8, 4) is 0 Å². The Kier molecular flexibility index (Phi) is 30.9. The number of benzene rings is 2. The van der Waals surface area contributed by atoms with Gasteiger partial charge in [0.15, 0.2) is 0 Å². The molecule has 1 aliphatic rings. The van der Waals surface area contributed by atoms with Crippen LogP contribution in [0.25, 0.3) is 21.8 Å². The third-order valence-electron chi connectivity index (χ3n) is 14.3. The topological polar surface area (TPSA) is 473 Å². The SMILES string of the molecule is CC(C)C[C@@H]1NC(=O)[C@H](Cc2c[nH]c3ccccc23)NC(=O)[C@H](C(C)C)NC(=O)[C@@H](NC(=O)CC(CNCCN)CNCCN)CSSC[C@@H](C=O)NC(=O)[C@H](CCC(N)=O)NC(=O)[C@H](CCC(=O)O)NC(=O)[C@H](Cc2c[nH]c3ccccc23)NC1=O.N. The van der Waals surface area contributed by atoms with E-state index in [1.807, 2.05) is 24.3 Å². The van der Waals surface area contributed by atoms with Gasteiger partial charge in [-0.15, -0.1) is 0 Å². The van der Waals surface area contributed by atoms with E-state index in [4.69, 9.17) is 17.2 Å². The summed E-state index contributed by atoms with van der Waals surface area (Å²) < 4.78 is 0. The van der Waals surface area contributed by atoms with Crippen molar-refractivity contribution in [1.29, 1.82) is 0 Å². The number of aldehydes is 1. The van der Waals surface area contributed by atoms with Crippen LogP contribution in [0.3, 0.4) is 0 Å². The molecule has 1 fully saturated rings. The highest BCUT2D eigenvalue weighted by Crippen LogP contribution is 2.25. The maximum absolute atomic E-state index is 15.0. The minimum Gasteiger partial charge on any atom is -0.481 e. The number of hydrogen-bond acceptors (Lipinski definition) is 18. The molecule has 0 aliphatic carbocycles. The molecule has 2 aromatic heterocycles. The first kappa shape index (κ1) is 72.9. The maximum atomic E-state index is 15.0. The molecule has 8 atom stereocenters. The molecule has 0 spiro atoms. The zero-order valence-electron chi connectivity index (χ0n) is 50.2. The van der Waals surface area contributed by atoms with Gasteiger partial charge < -0.3 is 96.4 Å². The number of carbonyl (C=O) groups is 11. The number of aliphatic carboxylic acids is 1. The highest BCUT2D eigenvalue weighted by molar-refractivity contribution is 8.76. The smallest absolute Gasteiger partial charge is 0.303 e. The first-order valence-corrected chi connectivity index (χ1v) is 31.6. The number of carboxylic acids is 1. The Hall–Kier alpha value is -7.61. The lowest BCUT2D eigenvalue weighted by atomic mass is 9.98. The molecule has 5 rings (SSSR count). The number of nitrogens with one attached hydrogen (secondary N) is 12. The van der Waals surface area contributed by atoms with Crippen LogP contribution in [-0.4, -0.2) is 180 Å². The standard InChI is InChI=1S/C58H85N15O12S2.H3N/c1-32(2)21-44-54(81)71-45(23-35-27-64-40-11-7-5-9-38(35)40)55(82)69-43(14-16-50(77)78)53(80)68-42(13-15-48(61)75)52(79)66-37(29-74)30-86-87-31-47(67-49(76)22-34(25-62-19-17-59)26-63-20-18-60)57(84)73-51(33(3)4)58(85)72-46(56(83)70-44)24-36-28-65-41-12-8-6-10-39(36)41;/h5-12,27-29,32-34,37,42-47,51,62-65H,13-26,30-31,59-60H2,1-4H3,(H2,61,75)(H,66,79)(H,67,76)(H,68,80)(H,69,82)(H,70,83)(H,71,81)(H,72,85)(H,73,84)(H,77,78);1H3/t37-,42+,43+,44+,45+,46+,47+,51+;/m1./s1. The van der Waals surface area contributed by atoms with Crippen LogP contribution in [0, 0.1) is 17.8 Å². The number of amides is 9. The van der Waals surface area contributed by atoms with Gasteiger partial charge in [-0.05, 0) is 73.4 Å². The van der Waals surface area contributed by atoms with Crippen molar-refractivity contribution in [3.05, 3.63) is 72.1 Å². The Bertz CT molecular complexity index is 2990. The van der Waals surface area contributed by atoms with Crippen LogP contribution >= 0.6 is 21.6 Å². The Morgan fingerprint density at radius 2 is 1.09 bits per heavy atom. The molecular weight excluding hydrogens is 1180 g/mol. The molecule has 3 heterocycles. The monoisotopic (exact) mass is 1260 g/mol. The van der Waals surface area contributed by atoms with Gasteiger partial charge in [0.2, 0.25) is 53.2 Å². The average Bonchev–Trinajstić information content (AvgIpc) is 4.31. The van der Waals surface area contributed by atoms with Crippen molar-refractivity contribution in [3.63, 3.8) is 0 Å². The molecule has 22 N–H and O–H groups in total. The minimum absolute atomic E-state index is 0. The third-order valence-corrected chi connectivity index (χ3v) is 16.8. The van der Waals surface area contributed by atoms with Gasteiger partial charge >= 0.3 is 5.97 Å². The fraction of sp³-hybridized carbons (Fsp3) is 0.534. The van der Waals surface area contributed by atoms with Crippen LogP contribution < -0.4 is 76.5 Å². The summed E-state index contributed by atoms with van der Waals surface area (Å²) in [5.41, 5.74) is 19.5. The summed E-state index contributed by atoms with van der Waals surface area (Å²) in [4.78, 5) is 159. The Morgan fingerprint density at radius 3 is 1.59 bits per heavy atom. The fourth-order valence-electron chi connectivity index (χ4n) is 9.76. The Labute approximate surface area is 518 Å². The Morgan fingerprint density at radius 1 is 0.625 bits per heavy atom. The largest absolute Gasteiger partial charge is 0.481 e. The van der Waals surface area contributed by atoms with Crippen LogP contribution in [-0.2, 0) is 65.6 Å². The van der Waals surface area contributed by atoms with Gasteiger partial charge in [0.25, 0.3) is 0 Å². The van der Waals surface area contributed by atoms with Crippen molar-refractivity contribution >= 4 is 109 Å². The number of fused-ring (bicyclic) bond motifs is 2. The number of hydrogen-bond donors (Lipinski definition) is 17. The van der Waals surface area contributed by atoms with E-state index in [9.17, 15) is 57.8 Å². The Balaban J connectivity index is 0.0000166. The summed E-state index contributed by atoms with van der Waals surface area (Å²) in [6, 6.07) is 3.10. The van der Waals surface area contributed by atoms with E-state index < -0.39 is 133 Å². The normalized spacial score (nSPS) is 21.8. The zero-order valence-corrected chi connectivity index (χ0v) is 51.8. The van der Waals surface area contributed by atoms with Crippen molar-refractivity contribution in [2.75, 3.05) is 50.8 Å². The number of aromatic amines is 2. The minimum atomic E-state index is -1.67. The molecule has 9 amide bonds. The lowest BCUT2D eigenvalue weighted by molar-refractivity contribution is -0.139. The molecule has 4 aromatic rings. The molecule has 0 bridgehead atoms. The molecule has 2 aromatic carbocycles. The quantitative estimate of drug-likeness (QED) is 0.0215. The summed E-state index contributed by atoms with van der Waals surface area (Å²) in [7, 11) is 2.10. The molecule has 1 aliphatic heterocycles. The van der Waals surface area contributed by atoms with E-state index in [2.05, 4.69) is 63.1 Å². The van der Waals surface area contributed by atoms with E-state index in [0.29, 0.717) is 67.6 Å². The van der Waals surface area contributed by atoms with Crippen LogP contribution in [0.5, 0.6) is 0 Å². The van der Waals surface area contributed by atoms with Gasteiger partial charge in [-0.1, -0.05) is 85.7 Å². The van der Waals surface area contributed by atoms with Crippen LogP contribution in [0.4, 0.5) is 0 Å². The molecule has 28 nitrogen and oxygen atoms in total. The van der Waals surface area contributed by atoms with Gasteiger partial charge in [0.05, 0.1) is 6.04 Å². The molecule has 88 heavy (non-hydrogen) atoms. The van der Waals surface area contributed by atoms with Gasteiger partial charge in [-0.3, -0.25) is 47.9 Å². The fourth-order valence-corrected chi connectivity index (χ4v) is 12.1. The summed E-state index contributed by atoms with van der Waals surface area (Å²) >= 11 is 0. The predicted molar refractivity (Wildman–Crippen MR) is 337 cm³/mol. The second-order valence-corrected chi connectivity index (χ2v) is 24.8. The number of carbonyl (C=O) groups excluding carboxylic acids is 10. The number of rotatable bonds is 25. The zero-order chi connectivity index (χ0) is 63.6. The summed E-state index contributed by atoms with van der Waals surface area (Å²) in [5, 5.41) is 39.3. The molecule has 30 heteroatoms. The molecule has 484 valence electrons. The van der Waals surface area contributed by atoms with Gasteiger partial charge in [-0.2, -0.15) is 0 Å². The second-order valence-electron chi connectivity index (χ2n) is 22.2. The van der Waals surface area contributed by atoms with E-state index in [-0.39, 0.29) is 61.6 Å². The van der Waals surface area contributed by atoms with E-state index in [1.165, 1.54) is 0 Å². The van der Waals surface area contributed by atoms with Crippen molar-refractivity contribution in [1.82, 2.24) is 69.3 Å².